The molecule has 0 spiro atoms. The monoisotopic (exact) mass is 322 g/mol. The van der Waals surface area contributed by atoms with Gasteiger partial charge in [-0.2, -0.15) is 0 Å². The van der Waals surface area contributed by atoms with E-state index in [1.807, 2.05) is 26.0 Å². The smallest absolute Gasteiger partial charge is 0.226 e. The van der Waals surface area contributed by atoms with Gasteiger partial charge in [0.25, 0.3) is 0 Å². The first-order valence-electron chi connectivity index (χ1n) is 7.13. The first-order valence-corrected chi connectivity index (χ1v) is 7.13. The third-order valence-electron chi connectivity index (χ3n) is 3.49. The maximum Gasteiger partial charge on any atom is 0.226 e. The van der Waals surface area contributed by atoms with Crippen LogP contribution < -0.4 is 10.6 Å². The van der Waals surface area contributed by atoms with Gasteiger partial charge in [0, 0.05) is 18.7 Å². The maximum absolute atomic E-state index is 13.4. The number of anilines is 2. The molecule has 0 radical (unpaired) electrons. The summed E-state index contributed by atoms with van der Waals surface area (Å²) in [7, 11) is 0. The van der Waals surface area contributed by atoms with E-state index in [1.165, 1.54) is 0 Å². The number of benzene rings is 2. The summed E-state index contributed by atoms with van der Waals surface area (Å²) in [6, 6.07) is 7.48. The fraction of sp³-hybridized carbons (Fsp3) is 0.235. The minimum Gasteiger partial charge on any atom is -0.382 e. The van der Waals surface area contributed by atoms with Crippen molar-refractivity contribution in [2.75, 3.05) is 17.2 Å². The Labute approximate surface area is 132 Å². The summed E-state index contributed by atoms with van der Waals surface area (Å²) in [5.41, 5.74) is 2.68. The number of rotatable bonds is 5. The van der Waals surface area contributed by atoms with E-state index < -0.39 is 17.5 Å². The Bertz CT molecular complexity index is 732. The number of carbonyl (C=O) groups excluding carboxylic acids is 1. The topological polar surface area (TPSA) is 41.1 Å². The van der Waals surface area contributed by atoms with Crippen LogP contribution in [0.3, 0.4) is 0 Å². The van der Waals surface area contributed by atoms with Gasteiger partial charge in [-0.25, -0.2) is 13.2 Å². The first kappa shape index (κ1) is 16.9. The molecule has 6 heteroatoms. The number of hydrogen-bond acceptors (Lipinski definition) is 2. The van der Waals surface area contributed by atoms with Gasteiger partial charge in [0.15, 0.2) is 17.5 Å². The summed E-state index contributed by atoms with van der Waals surface area (Å²) in [6.07, 6.45) is 0.0609. The number of hydrogen-bond donors (Lipinski definition) is 2. The van der Waals surface area contributed by atoms with E-state index in [2.05, 4.69) is 10.6 Å². The van der Waals surface area contributed by atoms with E-state index in [9.17, 15) is 18.0 Å². The standard InChI is InChI=1S/C17H17F3N2O/c1-10-3-4-12(9-11(10)2)22-15(23)7-8-21-14-6-5-13(18)16(19)17(14)20/h3-6,9,21H,7-8H2,1-2H3,(H,22,23). The summed E-state index contributed by atoms with van der Waals surface area (Å²) in [5.74, 6) is -4.33. The van der Waals surface area contributed by atoms with Gasteiger partial charge in [0.05, 0.1) is 5.69 Å². The van der Waals surface area contributed by atoms with Crippen molar-refractivity contribution in [2.24, 2.45) is 0 Å². The average Bonchev–Trinajstić information content (AvgIpc) is 2.51. The number of amides is 1. The van der Waals surface area contributed by atoms with Crippen molar-refractivity contribution < 1.29 is 18.0 Å². The van der Waals surface area contributed by atoms with E-state index in [0.717, 1.165) is 23.3 Å². The van der Waals surface area contributed by atoms with E-state index >= 15 is 0 Å². The molecule has 0 aliphatic carbocycles. The van der Waals surface area contributed by atoms with Crippen LogP contribution in [0.4, 0.5) is 24.5 Å². The molecule has 0 heterocycles. The highest BCUT2D eigenvalue weighted by atomic mass is 19.2. The van der Waals surface area contributed by atoms with Crippen molar-refractivity contribution in [1.29, 1.82) is 0 Å². The molecule has 0 bridgehead atoms. The normalized spacial score (nSPS) is 10.5. The summed E-state index contributed by atoms with van der Waals surface area (Å²) < 4.78 is 39.3. The van der Waals surface area contributed by atoms with Crippen molar-refractivity contribution in [3.8, 4) is 0 Å². The Balaban J connectivity index is 1.87. The van der Waals surface area contributed by atoms with Crippen molar-refractivity contribution in [3.63, 3.8) is 0 Å². The second kappa shape index (κ2) is 7.17. The molecule has 2 rings (SSSR count). The van der Waals surface area contributed by atoms with Gasteiger partial charge in [0.2, 0.25) is 5.91 Å². The Morgan fingerprint density at radius 1 is 1.00 bits per heavy atom. The molecular formula is C17H17F3N2O. The van der Waals surface area contributed by atoms with Gasteiger partial charge >= 0.3 is 0 Å². The molecule has 2 aromatic rings. The fourth-order valence-electron chi connectivity index (χ4n) is 2.02. The highest BCUT2D eigenvalue weighted by Crippen LogP contribution is 2.19. The second-order valence-corrected chi connectivity index (χ2v) is 5.25. The highest BCUT2D eigenvalue weighted by molar-refractivity contribution is 5.91. The Hall–Kier alpha value is -2.50. The predicted molar refractivity (Wildman–Crippen MR) is 84.0 cm³/mol. The third kappa shape index (κ3) is 4.25. The molecule has 122 valence electrons. The summed E-state index contributed by atoms with van der Waals surface area (Å²) >= 11 is 0. The summed E-state index contributed by atoms with van der Waals surface area (Å²) in [4.78, 5) is 11.8. The second-order valence-electron chi connectivity index (χ2n) is 5.25. The average molecular weight is 322 g/mol. The molecule has 1 amide bonds. The Kier molecular flexibility index (Phi) is 5.26. The van der Waals surface area contributed by atoms with Crippen molar-refractivity contribution in [1.82, 2.24) is 0 Å². The molecule has 0 saturated carbocycles. The highest BCUT2D eigenvalue weighted by Gasteiger charge is 2.13. The molecule has 2 N–H and O–H groups in total. The minimum absolute atomic E-state index is 0.0609. The van der Waals surface area contributed by atoms with Gasteiger partial charge in [0.1, 0.15) is 0 Å². The van der Waals surface area contributed by atoms with Gasteiger partial charge in [-0.3, -0.25) is 4.79 Å². The molecule has 0 aliphatic rings. The largest absolute Gasteiger partial charge is 0.382 e. The first-order chi connectivity index (χ1) is 10.9. The van der Waals surface area contributed by atoms with Gasteiger partial charge in [-0.15, -0.1) is 0 Å². The SMILES string of the molecule is Cc1ccc(NC(=O)CCNc2ccc(F)c(F)c2F)cc1C. The van der Waals surface area contributed by atoms with E-state index in [0.29, 0.717) is 5.69 Å². The molecule has 0 atom stereocenters. The predicted octanol–water partition coefficient (Wildman–Crippen LogP) is 4.16. The van der Waals surface area contributed by atoms with Crippen LogP contribution in [0.2, 0.25) is 0 Å². The molecule has 3 nitrogen and oxygen atoms in total. The van der Waals surface area contributed by atoms with Crippen molar-refractivity contribution in [2.45, 2.75) is 20.3 Å². The summed E-state index contributed by atoms with van der Waals surface area (Å²) in [6.45, 7) is 4.01. The zero-order valence-corrected chi connectivity index (χ0v) is 12.8. The van der Waals surface area contributed by atoms with E-state index in [-0.39, 0.29) is 24.6 Å². The number of aryl methyl sites for hydroxylation is 2. The molecule has 0 aliphatic heterocycles. The molecule has 0 aromatic heterocycles. The van der Waals surface area contributed by atoms with Crippen molar-refractivity contribution >= 4 is 17.3 Å². The van der Waals surface area contributed by atoms with Crippen LogP contribution >= 0.6 is 0 Å². The van der Waals surface area contributed by atoms with Crippen molar-refractivity contribution in [3.05, 3.63) is 58.9 Å². The Morgan fingerprint density at radius 3 is 2.43 bits per heavy atom. The number of nitrogens with one attached hydrogen (secondary N) is 2. The van der Waals surface area contributed by atoms with Crippen LogP contribution in [0.5, 0.6) is 0 Å². The third-order valence-corrected chi connectivity index (χ3v) is 3.49. The van der Waals surface area contributed by atoms with Crippen LogP contribution in [-0.2, 0) is 4.79 Å². The fourth-order valence-corrected chi connectivity index (χ4v) is 2.02. The van der Waals surface area contributed by atoms with E-state index in [1.54, 1.807) is 6.07 Å². The zero-order chi connectivity index (χ0) is 17.0. The van der Waals surface area contributed by atoms with Gasteiger partial charge in [-0.05, 0) is 49.2 Å². The lowest BCUT2D eigenvalue weighted by atomic mass is 10.1. The minimum atomic E-state index is -1.53. The van der Waals surface area contributed by atoms with Gasteiger partial charge < -0.3 is 10.6 Å². The maximum atomic E-state index is 13.4. The quantitative estimate of drug-likeness (QED) is 0.812. The molecule has 23 heavy (non-hydrogen) atoms. The zero-order valence-electron chi connectivity index (χ0n) is 12.8. The van der Waals surface area contributed by atoms with Gasteiger partial charge in [-0.1, -0.05) is 6.07 Å². The van der Waals surface area contributed by atoms with Crippen LogP contribution in [0.15, 0.2) is 30.3 Å². The summed E-state index contributed by atoms with van der Waals surface area (Å²) in [5, 5.41) is 5.30. The lowest BCUT2D eigenvalue weighted by Crippen LogP contribution is -2.17. The molecular weight excluding hydrogens is 305 g/mol. The number of halogens is 3. The Morgan fingerprint density at radius 2 is 1.74 bits per heavy atom. The molecule has 0 unspecified atom stereocenters. The molecule has 0 fully saturated rings. The number of carbonyl (C=O) groups is 1. The lowest BCUT2D eigenvalue weighted by molar-refractivity contribution is -0.115. The lowest BCUT2D eigenvalue weighted by Gasteiger charge is -2.10. The van der Waals surface area contributed by atoms with Crippen LogP contribution in [0.25, 0.3) is 0 Å². The van der Waals surface area contributed by atoms with E-state index in [4.69, 9.17) is 0 Å². The molecule has 0 saturated heterocycles. The van der Waals surface area contributed by atoms with Crippen LogP contribution in [0, 0.1) is 31.3 Å². The van der Waals surface area contributed by atoms with Crippen LogP contribution in [-0.4, -0.2) is 12.5 Å². The van der Waals surface area contributed by atoms with Crippen LogP contribution in [0.1, 0.15) is 17.5 Å². The molecule has 2 aromatic carbocycles.